The second kappa shape index (κ2) is 6.96. The Hall–Kier alpha value is -0.820. The maximum Gasteiger partial charge on any atom is 0.00985 e. The third-order valence-corrected chi connectivity index (χ3v) is 5.03. The smallest absolute Gasteiger partial charge is 0.00985 e. The average Bonchev–Trinajstić information content (AvgIpc) is 2.42. The molecule has 118 valence electrons. The van der Waals surface area contributed by atoms with Crippen molar-refractivity contribution in [1.82, 2.24) is 5.32 Å². The first-order valence-electron chi connectivity index (χ1n) is 8.73. The minimum atomic E-state index is 0.254. The van der Waals surface area contributed by atoms with Crippen LogP contribution in [0.25, 0.3) is 0 Å². The molecule has 1 aromatic rings. The molecule has 0 aromatic heterocycles. The van der Waals surface area contributed by atoms with Gasteiger partial charge in [0.05, 0.1) is 0 Å². The van der Waals surface area contributed by atoms with Gasteiger partial charge in [0.1, 0.15) is 0 Å². The summed E-state index contributed by atoms with van der Waals surface area (Å²) in [4.78, 5) is 0. The molecular weight excluding hydrogens is 254 g/mol. The Kier molecular flexibility index (Phi) is 5.48. The summed E-state index contributed by atoms with van der Waals surface area (Å²) >= 11 is 0. The van der Waals surface area contributed by atoms with E-state index >= 15 is 0 Å². The van der Waals surface area contributed by atoms with Crippen LogP contribution in [-0.4, -0.2) is 12.6 Å². The SMILES string of the molecule is CCNC1CCC(C)CC1Cc1ccc(C(C)(C)C)cc1. The van der Waals surface area contributed by atoms with Crippen LogP contribution >= 0.6 is 0 Å². The van der Waals surface area contributed by atoms with E-state index < -0.39 is 0 Å². The van der Waals surface area contributed by atoms with Crippen molar-refractivity contribution in [2.24, 2.45) is 11.8 Å². The van der Waals surface area contributed by atoms with Gasteiger partial charge in [0, 0.05) is 6.04 Å². The first kappa shape index (κ1) is 16.5. The Morgan fingerprint density at radius 1 is 1.10 bits per heavy atom. The molecule has 3 unspecified atom stereocenters. The van der Waals surface area contributed by atoms with Crippen molar-refractivity contribution in [3.63, 3.8) is 0 Å². The number of nitrogens with one attached hydrogen (secondary N) is 1. The highest BCUT2D eigenvalue weighted by Gasteiger charge is 2.28. The van der Waals surface area contributed by atoms with Gasteiger partial charge in [0.25, 0.3) is 0 Å². The minimum Gasteiger partial charge on any atom is -0.314 e. The zero-order chi connectivity index (χ0) is 15.5. The van der Waals surface area contributed by atoms with E-state index in [1.165, 1.54) is 36.8 Å². The third-order valence-electron chi connectivity index (χ3n) is 5.03. The summed E-state index contributed by atoms with van der Waals surface area (Å²) in [5, 5.41) is 3.71. The molecule has 0 bridgehead atoms. The minimum absolute atomic E-state index is 0.254. The van der Waals surface area contributed by atoms with Gasteiger partial charge in [-0.15, -0.1) is 0 Å². The summed E-state index contributed by atoms with van der Waals surface area (Å²) in [5.74, 6) is 1.69. The fourth-order valence-corrected chi connectivity index (χ4v) is 3.70. The lowest BCUT2D eigenvalue weighted by Gasteiger charge is -2.35. The highest BCUT2D eigenvalue weighted by Crippen LogP contribution is 2.32. The van der Waals surface area contributed by atoms with Gasteiger partial charge in [0.2, 0.25) is 0 Å². The molecular formula is C20H33N. The average molecular weight is 287 g/mol. The van der Waals surface area contributed by atoms with Gasteiger partial charge in [0.15, 0.2) is 0 Å². The molecule has 0 heterocycles. The topological polar surface area (TPSA) is 12.0 Å². The van der Waals surface area contributed by atoms with Gasteiger partial charge in [-0.3, -0.25) is 0 Å². The van der Waals surface area contributed by atoms with Gasteiger partial charge >= 0.3 is 0 Å². The highest BCUT2D eigenvalue weighted by atomic mass is 14.9. The molecule has 1 aromatic carbocycles. The fourth-order valence-electron chi connectivity index (χ4n) is 3.70. The number of hydrogen-bond acceptors (Lipinski definition) is 1. The van der Waals surface area contributed by atoms with Crippen LogP contribution in [0.2, 0.25) is 0 Å². The van der Waals surface area contributed by atoms with Gasteiger partial charge in [-0.2, -0.15) is 0 Å². The molecule has 0 spiro atoms. The third kappa shape index (κ3) is 4.57. The fraction of sp³-hybridized carbons (Fsp3) is 0.700. The molecule has 0 aliphatic heterocycles. The van der Waals surface area contributed by atoms with Crippen LogP contribution in [0, 0.1) is 11.8 Å². The largest absolute Gasteiger partial charge is 0.314 e. The second-order valence-corrected chi connectivity index (χ2v) is 7.99. The van der Waals surface area contributed by atoms with Gasteiger partial charge in [-0.05, 0) is 60.6 Å². The van der Waals surface area contributed by atoms with E-state index in [4.69, 9.17) is 0 Å². The molecule has 1 N–H and O–H groups in total. The number of rotatable bonds is 4. The molecule has 1 saturated carbocycles. The predicted octanol–water partition coefficient (Wildman–Crippen LogP) is 4.94. The quantitative estimate of drug-likeness (QED) is 0.827. The molecule has 3 atom stereocenters. The van der Waals surface area contributed by atoms with Gasteiger partial charge < -0.3 is 5.32 Å². The Morgan fingerprint density at radius 3 is 2.33 bits per heavy atom. The van der Waals surface area contributed by atoms with Crippen LogP contribution < -0.4 is 5.32 Å². The van der Waals surface area contributed by atoms with E-state index in [0.29, 0.717) is 6.04 Å². The molecule has 1 heteroatoms. The Labute approximate surface area is 131 Å². The molecule has 2 rings (SSSR count). The van der Waals surface area contributed by atoms with Gasteiger partial charge in [-0.1, -0.05) is 58.9 Å². The monoisotopic (exact) mass is 287 g/mol. The van der Waals surface area contributed by atoms with Crippen molar-refractivity contribution in [1.29, 1.82) is 0 Å². The van der Waals surface area contributed by atoms with Crippen molar-refractivity contribution in [3.05, 3.63) is 35.4 Å². The summed E-state index contributed by atoms with van der Waals surface area (Å²) in [6.45, 7) is 12.6. The van der Waals surface area contributed by atoms with Crippen LogP contribution in [0.3, 0.4) is 0 Å². The van der Waals surface area contributed by atoms with Crippen molar-refractivity contribution >= 4 is 0 Å². The summed E-state index contributed by atoms with van der Waals surface area (Å²) in [7, 11) is 0. The lowest BCUT2D eigenvalue weighted by Crippen LogP contribution is -2.41. The van der Waals surface area contributed by atoms with Gasteiger partial charge in [-0.25, -0.2) is 0 Å². The van der Waals surface area contributed by atoms with E-state index in [2.05, 4.69) is 64.2 Å². The van der Waals surface area contributed by atoms with Crippen LogP contribution in [-0.2, 0) is 11.8 Å². The molecule has 0 amide bonds. The molecule has 1 aliphatic rings. The van der Waals surface area contributed by atoms with Crippen LogP contribution in [0.5, 0.6) is 0 Å². The standard InChI is InChI=1S/C20H33N/c1-6-21-19-12-7-15(2)13-17(19)14-16-8-10-18(11-9-16)20(3,4)5/h8-11,15,17,19,21H,6-7,12-14H2,1-5H3. The van der Waals surface area contributed by atoms with E-state index in [-0.39, 0.29) is 5.41 Å². The van der Waals surface area contributed by atoms with E-state index in [0.717, 1.165) is 18.4 Å². The van der Waals surface area contributed by atoms with E-state index in [1.807, 2.05) is 0 Å². The van der Waals surface area contributed by atoms with Crippen molar-refractivity contribution in [3.8, 4) is 0 Å². The zero-order valence-corrected chi connectivity index (χ0v) is 14.6. The van der Waals surface area contributed by atoms with Crippen LogP contribution in [0.1, 0.15) is 65.0 Å². The Bertz CT molecular complexity index is 426. The highest BCUT2D eigenvalue weighted by molar-refractivity contribution is 5.28. The summed E-state index contributed by atoms with van der Waals surface area (Å²) in [6.07, 6.45) is 5.34. The molecule has 0 radical (unpaired) electrons. The van der Waals surface area contributed by atoms with Crippen LogP contribution in [0.15, 0.2) is 24.3 Å². The predicted molar refractivity (Wildman–Crippen MR) is 92.8 cm³/mol. The summed E-state index contributed by atoms with van der Waals surface area (Å²) in [6, 6.07) is 10.1. The first-order valence-corrected chi connectivity index (χ1v) is 8.73. The van der Waals surface area contributed by atoms with Crippen molar-refractivity contribution in [2.75, 3.05) is 6.54 Å². The van der Waals surface area contributed by atoms with E-state index in [1.54, 1.807) is 0 Å². The van der Waals surface area contributed by atoms with Crippen molar-refractivity contribution < 1.29 is 0 Å². The van der Waals surface area contributed by atoms with E-state index in [9.17, 15) is 0 Å². The Balaban J connectivity index is 2.04. The molecule has 0 saturated heterocycles. The molecule has 1 fully saturated rings. The molecule has 1 nitrogen and oxygen atoms in total. The summed E-state index contributed by atoms with van der Waals surface area (Å²) < 4.78 is 0. The first-order chi connectivity index (χ1) is 9.90. The second-order valence-electron chi connectivity index (χ2n) is 7.99. The number of hydrogen-bond donors (Lipinski definition) is 1. The number of benzene rings is 1. The lowest BCUT2D eigenvalue weighted by molar-refractivity contribution is 0.214. The Morgan fingerprint density at radius 2 is 1.76 bits per heavy atom. The molecule has 21 heavy (non-hydrogen) atoms. The maximum atomic E-state index is 3.71. The van der Waals surface area contributed by atoms with Crippen LogP contribution in [0.4, 0.5) is 0 Å². The summed E-state index contributed by atoms with van der Waals surface area (Å²) in [5.41, 5.74) is 3.20. The molecule has 1 aliphatic carbocycles. The zero-order valence-electron chi connectivity index (χ0n) is 14.6. The van der Waals surface area contributed by atoms with Crippen molar-refractivity contribution in [2.45, 2.75) is 71.8 Å². The normalized spacial score (nSPS) is 26.8. The lowest BCUT2D eigenvalue weighted by atomic mass is 9.75. The maximum absolute atomic E-state index is 3.71.